The Balaban J connectivity index is 2.16. The molecule has 0 fully saturated rings. The molecule has 3 rings (SSSR count). The number of carbonyl (C=O) groups is 1. The van der Waals surface area contributed by atoms with Crippen LogP contribution in [-0.2, 0) is 6.54 Å². The van der Waals surface area contributed by atoms with Crippen molar-refractivity contribution in [3.63, 3.8) is 0 Å². The predicted octanol–water partition coefficient (Wildman–Crippen LogP) is 2.48. The molecule has 0 saturated carbocycles. The summed E-state index contributed by atoms with van der Waals surface area (Å²) >= 11 is 0. The largest absolute Gasteiger partial charge is 0.477 e. The number of hydrogen-bond donors (Lipinski definition) is 1. The number of aryl methyl sites for hydroxylation is 1. The van der Waals surface area contributed by atoms with Crippen LogP contribution < -0.4 is 10.1 Å². The van der Waals surface area contributed by atoms with Gasteiger partial charge in [0, 0.05) is 24.6 Å². The van der Waals surface area contributed by atoms with Crippen molar-refractivity contribution in [3.8, 4) is 23.1 Å². The van der Waals surface area contributed by atoms with Crippen LogP contribution in [0.3, 0.4) is 0 Å². The van der Waals surface area contributed by atoms with E-state index in [0.29, 0.717) is 24.6 Å². The van der Waals surface area contributed by atoms with Gasteiger partial charge in [-0.15, -0.1) is 0 Å². The summed E-state index contributed by atoms with van der Waals surface area (Å²) in [6, 6.07) is 5.96. The Morgan fingerprint density at radius 3 is 2.96 bits per heavy atom. The normalized spacial score (nSPS) is 13.1. The van der Waals surface area contributed by atoms with Crippen LogP contribution in [-0.4, -0.2) is 28.3 Å². The zero-order valence-electron chi connectivity index (χ0n) is 13.5. The van der Waals surface area contributed by atoms with Gasteiger partial charge < -0.3 is 10.1 Å². The summed E-state index contributed by atoms with van der Waals surface area (Å²) in [6.07, 6.45) is 0.773. The standard InChI is InChI=1S/C17H17FN4O2/c1-10(2)20-16(23)15-14(17-22(21-15)6-3-7-24-17)12-5-4-11(9-19)8-13(12)18/h4-5,8,10H,3,6-7H2,1-2H3,(H,20,23). The smallest absolute Gasteiger partial charge is 0.272 e. The number of halogens is 1. The fourth-order valence-electron chi connectivity index (χ4n) is 2.65. The van der Waals surface area contributed by atoms with Crippen LogP contribution in [0.25, 0.3) is 11.1 Å². The Morgan fingerprint density at radius 2 is 2.29 bits per heavy atom. The Labute approximate surface area is 138 Å². The van der Waals surface area contributed by atoms with Gasteiger partial charge >= 0.3 is 0 Å². The van der Waals surface area contributed by atoms with E-state index in [9.17, 15) is 9.18 Å². The van der Waals surface area contributed by atoms with Crippen molar-refractivity contribution in [2.24, 2.45) is 0 Å². The fraction of sp³-hybridized carbons (Fsp3) is 0.353. The zero-order chi connectivity index (χ0) is 17.3. The van der Waals surface area contributed by atoms with E-state index in [2.05, 4.69) is 10.4 Å². The third kappa shape index (κ3) is 2.83. The van der Waals surface area contributed by atoms with E-state index in [4.69, 9.17) is 10.00 Å². The van der Waals surface area contributed by atoms with Crippen molar-refractivity contribution in [1.82, 2.24) is 15.1 Å². The number of fused-ring (bicyclic) bond motifs is 1. The molecule has 7 heteroatoms. The lowest BCUT2D eigenvalue weighted by Crippen LogP contribution is -2.31. The monoisotopic (exact) mass is 328 g/mol. The molecular formula is C17H17FN4O2. The summed E-state index contributed by atoms with van der Waals surface area (Å²) in [5.74, 6) is -0.578. The summed E-state index contributed by atoms with van der Waals surface area (Å²) in [4.78, 5) is 12.5. The first kappa shape index (κ1) is 16.0. The van der Waals surface area contributed by atoms with Gasteiger partial charge in [0.05, 0.1) is 23.8 Å². The number of ether oxygens (including phenoxy) is 1. The first-order valence-electron chi connectivity index (χ1n) is 7.75. The number of nitrogens with zero attached hydrogens (tertiary/aromatic N) is 3. The fourth-order valence-corrected chi connectivity index (χ4v) is 2.65. The predicted molar refractivity (Wildman–Crippen MR) is 85.1 cm³/mol. The summed E-state index contributed by atoms with van der Waals surface area (Å²) < 4.78 is 21.7. The lowest BCUT2D eigenvalue weighted by molar-refractivity contribution is 0.0937. The van der Waals surface area contributed by atoms with Crippen LogP contribution in [0.2, 0.25) is 0 Å². The molecule has 1 aromatic carbocycles. The van der Waals surface area contributed by atoms with E-state index in [1.54, 1.807) is 4.68 Å². The van der Waals surface area contributed by atoms with E-state index in [0.717, 1.165) is 12.5 Å². The summed E-state index contributed by atoms with van der Waals surface area (Å²) in [5, 5.41) is 16.0. The molecule has 0 saturated heterocycles. The maximum absolute atomic E-state index is 14.5. The molecule has 1 aromatic heterocycles. The molecule has 6 nitrogen and oxygen atoms in total. The van der Waals surface area contributed by atoms with Crippen molar-refractivity contribution in [2.75, 3.05) is 6.61 Å². The highest BCUT2D eigenvalue weighted by Crippen LogP contribution is 2.37. The molecule has 1 N–H and O–H groups in total. The second-order valence-corrected chi connectivity index (χ2v) is 5.89. The maximum atomic E-state index is 14.5. The highest BCUT2D eigenvalue weighted by molar-refractivity contribution is 6.00. The quantitative estimate of drug-likeness (QED) is 0.938. The number of carbonyl (C=O) groups excluding carboxylic acids is 1. The van der Waals surface area contributed by atoms with Gasteiger partial charge in [-0.1, -0.05) is 0 Å². The van der Waals surface area contributed by atoms with Gasteiger partial charge in [-0.2, -0.15) is 10.4 Å². The summed E-state index contributed by atoms with van der Waals surface area (Å²) in [6.45, 7) is 4.77. The van der Waals surface area contributed by atoms with Gasteiger partial charge in [0.2, 0.25) is 5.88 Å². The second-order valence-electron chi connectivity index (χ2n) is 5.89. The zero-order valence-corrected chi connectivity index (χ0v) is 13.5. The summed E-state index contributed by atoms with van der Waals surface area (Å²) in [5.41, 5.74) is 0.872. The molecule has 0 unspecified atom stereocenters. The lowest BCUT2D eigenvalue weighted by atomic mass is 10.0. The van der Waals surface area contributed by atoms with Crippen LogP contribution in [0, 0.1) is 17.1 Å². The van der Waals surface area contributed by atoms with Crippen LogP contribution in [0.1, 0.15) is 36.3 Å². The molecule has 0 bridgehead atoms. The first-order valence-corrected chi connectivity index (χ1v) is 7.75. The van der Waals surface area contributed by atoms with Crippen molar-refractivity contribution in [2.45, 2.75) is 32.9 Å². The molecule has 1 aliphatic rings. The molecule has 0 atom stereocenters. The molecule has 1 amide bonds. The minimum absolute atomic E-state index is 0.0733. The van der Waals surface area contributed by atoms with Crippen molar-refractivity contribution >= 4 is 5.91 Å². The number of nitriles is 1. The Bertz CT molecular complexity index is 836. The average Bonchev–Trinajstić information content (AvgIpc) is 2.93. The third-order valence-corrected chi connectivity index (χ3v) is 3.66. The summed E-state index contributed by atoms with van der Waals surface area (Å²) in [7, 11) is 0. The molecule has 124 valence electrons. The highest BCUT2D eigenvalue weighted by atomic mass is 19.1. The van der Waals surface area contributed by atoms with Crippen LogP contribution in [0.4, 0.5) is 4.39 Å². The van der Waals surface area contributed by atoms with Crippen LogP contribution in [0.15, 0.2) is 18.2 Å². The van der Waals surface area contributed by atoms with Gasteiger partial charge in [-0.3, -0.25) is 4.79 Å². The molecule has 24 heavy (non-hydrogen) atoms. The van der Waals surface area contributed by atoms with E-state index >= 15 is 0 Å². The number of benzene rings is 1. The molecule has 0 spiro atoms. The van der Waals surface area contributed by atoms with Gasteiger partial charge in [0.1, 0.15) is 5.82 Å². The Kier molecular flexibility index (Phi) is 4.21. The second kappa shape index (κ2) is 6.32. The number of rotatable bonds is 3. The molecular weight excluding hydrogens is 311 g/mol. The minimum atomic E-state index is -0.586. The van der Waals surface area contributed by atoms with Crippen molar-refractivity contribution in [1.29, 1.82) is 5.26 Å². The number of nitrogens with one attached hydrogen (secondary N) is 1. The van der Waals surface area contributed by atoms with E-state index in [1.165, 1.54) is 12.1 Å². The van der Waals surface area contributed by atoms with Crippen molar-refractivity contribution < 1.29 is 13.9 Å². The maximum Gasteiger partial charge on any atom is 0.272 e. The van der Waals surface area contributed by atoms with E-state index in [1.807, 2.05) is 19.9 Å². The number of aromatic nitrogens is 2. The van der Waals surface area contributed by atoms with Gasteiger partial charge in [0.25, 0.3) is 5.91 Å². The minimum Gasteiger partial charge on any atom is -0.477 e. The lowest BCUT2D eigenvalue weighted by Gasteiger charge is -2.16. The third-order valence-electron chi connectivity index (χ3n) is 3.66. The van der Waals surface area contributed by atoms with Crippen molar-refractivity contribution in [3.05, 3.63) is 35.3 Å². The molecule has 2 aromatic rings. The van der Waals surface area contributed by atoms with E-state index in [-0.39, 0.29) is 28.8 Å². The number of hydrogen-bond acceptors (Lipinski definition) is 4. The molecule has 0 aliphatic carbocycles. The topological polar surface area (TPSA) is 79.9 Å². The van der Waals surface area contributed by atoms with Crippen LogP contribution in [0.5, 0.6) is 5.88 Å². The van der Waals surface area contributed by atoms with E-state index < -0.39 is 5.82 Å². The van der Waals surface area contributed by atoms with Gasteiger partial charge in [0.15, 0.2) is 5.69 Å². The van der Waals surface area contributed by atoms with Crippen LogP contribution >= 0.6 is 0 Å². The SMILES string of the molecule is CC(C)NC(=O)c1nn2c(c1-c1ccc(C#N)cc1F)OCCC2. The Morgan fingerprint density at radius 1 is 1.50 bits per heavy atom. The average molecular weight is 328 g/mol. The first-order chi connectivity index (χ1) is 11.5. The highest BCUT2D eigenvalue weighted by Gasteiger charge is 2.29. The molecule has 1 aliphatic heterocycles. The van der Waals surface area contributed by atoms with Gasteiger partial charge in [-0.05, 0) is 32.0 Å². The Hall–Kier alpha value is -2.88. The number of amides is 1. The molecule has 0 radical (unpaired) electrons. The van der Waals surface area contributed by atoms with Gasteiger partial charge in [-0.25, -0.2) is 9.07 Å². The molecule has 2 heterocycles.